The fourth-order valence-electron chi connectivity index (χ4n) is 2.92. The molecule has 1 heterocycles. The summed E-state index contributed by atoms with van der Waals surface area (Å²) in [6.45, 7) is 0. The third kappa shape index (κ3) is 1.95. The van der Waals surface area contributed by atoms with Gasteiger partial charge in [0.05, 0.1) is 5.69 Å². The number of aliphatic hydroxyl groups is 1. The van der Waals surface area contributed by atoms with Crippen molar-refractivity contribution in [1.29, 1.82) is 0 Å². The molecule has 0 saturated carbocycles. The van der Waals surface area contributed by atoms with Crippen LogP contribution in [0.4, 0.5) is 0 Å². The summed E-state index contributed by atoms with van der Waals surface area (Å²) in [4.78, 5) is 0. The molecule has 0 radical (unpaired) electrons. The van der Waals surface area contributed by atoms with Crippen LogP contribution in [0.2, 0.25) is 0 Å². The standard InChI is InChI=1S/C15H18N2O/c1-17-10-9-14(16-17)15(18)13-8-4-6-11-5-2-3-7-12(11)13/h2-3,5,7,9-10,13,15,18H,4,6,8H2,1H3. The smallest absolute Gasteiger partial charge is 0.105 e. The van der Waals surface area contributed by atoms with Gasteiger partial charge in [0, 0.05) is 19.2 Å². The summed E-state index contributed by atoms with van der Waals surface area (Å²) in [5, 5.41) is 14.9. The average molecular weight is 242 g/mol. The molecular weight excluding hydrogens is 224 g/mol. The second kappa shape index (κ2) is 4.58. The van der Waals surface area contributed by atoms with E-state index >= 15 is 0 Å². The van der Waals surface area contributed by atoms with Crippen LogP contribution in [-0.4, -0.2) is 14.9 Å². The number of aromatic nitrogens is 2. The van der Waals surface area contributed by atoms with E-state index in [0.717, 1.165) is 25.0 Å². The first-order chi connectivity index (χ1) is 8.75. The lowest BCUT2D eigenvalue weighted by Gasteiger charge is -2.28. The van der Waals surface area contributed by atoms with Gasteiger partial charge in [0.2, 0.25) is 0 Å². The lowest BCUT2D eigenvalue weighted by atomic mass is 9.79. The van der Waals surface area contributed by atoms with Crippen molar-refractivity contribution in [2.24, 2.45) is 7.05 Å². The zero-order valence-corrected chi connectivity index (χ0v) is 10.6. The Hall–Kier alpha value is -1.61. The maximum atomic E-state index is 10.5. The molecule has 1 aliphatic rings. The topological polar surface area (TPSA) is 38.0 Å². The Morgan fingerprint density at radius 1 is 1.33 bits per heavy atom. The Morgan fingerprint density at radius 2 is 2.17 bits per heavy atom. The van der Waals surface area contributed by atoms with Crippen molar-refractivity contribution in [2.75, 3.05) is 0 Å². The number of aryl methyl sites for hydroxylation is 2. The Morgan fingerprint density at radius 3 is 2.94 bits per heavy atom. The van der Waals surface area contributed by atoms with E-state index in [1.54, 1.807) is 4.68 Å². The summed E-state index contributed by atoms with van der Waals surface area (Å²) < 4.78 is 1.74. The van der Waals surface area contributed by atoms with Gasteiger partial charge in [0.1, 0.15) is 6.10 Å². The molecule has 2 atom stereocenters. The van der Waals surface area contributed by atoms with Crippen molar-refractivity contribution in [3.63, 3.8) is 0 Å². The van der Waals surface area contributed by atoms with Gasteiger partial charge in [-0.25, -0.2) is 0 Å². The van der Waals surface area contributed by atoms with Crippen molar-refractivity contribution in [3.8, 4) is 0 Å². The van der Waals surface area contributed by atoms with Crippen LogP contribution in [0.3, 0.4) is 0 Å². The molecule has 1 N–H and O–H groups in total. The Balaban J connectivity index is 1.94. The van der Waals surface area contributed by atoms with Gasteiger partial charge in [-0.1, -0.05) is 24.3 Å². The molecule has 94 valence electrons. The summed E-state index contributed by atoms with van der Waals surface area (Å²) in [6.07, 6.45) is 4.70. The van der Waals surface area contributed by atoms with Gasteiger partial charge in [-0.2, -0.15) is 5.10 Å². The van der Waals surface area contributed by atoms with Crippen LogP contribution in [0.5, 0.6) is 0 Å². The van der Waals surface area contributed by atoms with E-state index in [-0.39, 0.29) is 5.92 Å². The largest absolute Gasteiger partial charge is 0.386 e. The lowest BCUT2D eigenvalue weighted by molar-refractivity contribution is 0.131. The quantitative estimate of drug-likeness (QED) is 0.879. The van der Waals surface area contributed by atoms with Crippen LogP contribution in [0, 0.1) is 0 Å². The minimum absolute atomic E-state index is 0.185. The van der Waals surface area contributed by atoms with Crippen LogP contribution in [0.15, 0.2) is 36.5 Å². The van der Waals surface area contributed by atoms with Crippen molar-refractivity contribution >= 4 is 0 Å². The van der Waals surface area contributed by atoms with Gasteiger partial charge in [-0.15, -0.1) is 0 Å². The normalized spacial score (nSPS) is 20.4. The number of rotatable bonds is 2. The molecule has 1 aromatic heterocycles. The van der Waals surface area contributed by atoms with Gasteiger partial charge in [0.15, 0.2) is 0 Å². The van der Waals surface area contributed by atoms with Gasteiger partial charge in [0.25, 0.3) is 0 Å². The third-order valence-electron chi connectivity index (χ3n) is 3.83. The van der Waals surface area contributed by atoms with E-state index < -0.39 is 6.10 Å². The number of benzene rings is 1. The first-order valence-corrected chi connectivity index (χ1v) is 6.51. The molecule has 1 aromatic carbocycles. The predicted octanol–water partition coefficient (Wildman–Crippen LogP) is 2.57. The summed E-state index contributed by atoms with van der Waals surface area (Å²) in [6, 6.07) is 10.4. The molecule has 0 fully saturated rings. The van der Waals surface area contributed by atoms with E-state index in [9.17, 15) is 5.11 Å². The molecule has 3 nitrogen and oxygen atoms in total. The van der Waals surface area contributed by atoms with Gasteiger partial charge < -0.3 is 5.11 Å². The molecule has 0 aliphatic heterocycles. The number of hydrogen-bond donors (Lipinski definition) is 1. The first-order valence-electron chi connectivity index (χ1n) is 6.51. The van der Waals surface area contributed by atoms with Gasteiger partial charge >= 0.3 is 0 Å². The monoisotopic (exact) mass is 242 g/mol. The highest BCUT2D eigenvalue weighted by molar-refractivity contribution is 5.34. The van der Waals surface area contributed by atoms with Crippen LogP contribution in [0.1, 0.15) is 41.7 Å². The Bertz CT molecular complexity index is 547. The molecule has 0 spiro atoms. The van der Waals surface area contributed by atoms with E-state index in [1.165, 1.54) is 11.1 Å². The van der Waals surface area contributed by atoms with E-state index in [2.05, 4.69) is 29.4 Å². The molecule has 0 bridgehead atoms. The molecule has 3 rings (SSSR count). The second-order valence-corrected chi connectivity index (χ2v) is 5.06. The SMILES string of the molecule is Cn1ccc(C(O)C2CCCc3ccccc32)n1. The Kier molecular flexibility index (Phi) is 2.92. The highest BCUT2D eigenvalue weighted by Gasteiger charge is 2.28. The average Bonchev–Trinajstić information content (AvgIpc) is 2.84. The lowest BCUT2D eigenvalue weighted by Crippen LogP contribution is -2.17. The molecule has 18 heavy (non-hydrogen) atoms. The summed E-state index contributed by atoms with van der Waals surface area (Å²) in [7, 11) is 1.88. The minimum atomic E-state index is -0.493. The molecule has 0 saturated heterocycles. The molecule has 1 aliphatic carbocycles. The van der Waals surface area contributed by atoms with Crippen LogP contribution < -0.4 is 0 Å². The van der Waals surface area contributed by atoms with Gasteiger partial charge in [-0.05, 0) is 36.5 Å². The summed E-state index contributed by atoms with van der Waals surface area (Å²) in [5.41, 5.74) is 3.45. The van der Waals surface area contributed by atoms with E-state index in [0.29, 0.717) is 0 Å². The molecular formula is C15H18N2O. The summed E-state index contributed by atoms with van der Waals surface area (Å²) in [5.74, 6) is 0.185. The summed E-state index contributed by atoms with van der Waals surface area (Å²) >= 11 is 0. The maximum Gasteiger partial charge on any atom is 0.105 e. The second-order valence-electron chi connectivity index (χ2n) is 5.06. The van der Waals surface area contributed by atoms with E-state index in [4.69, 9.17) is 0 Å². The molecule has 3 heteroatoms. The van der Waals surface area contributed by atoms with Crippen molar-refractivity contribution in [1.82, 2.24) is 9.78 Å². The third-order valence-corrected chi connectivity index (χ3v) is 3.83. The zero-order chi connectivity index (χ0) is 12.5. The number of fused-ring (bicyclic) bond motifs is 1. The fourth-order valence-corrected chi connectivity index (χ4v) is 2.92. The number of aliphatic hydroxyl groups excluding tert-OH is 1. The van der Waals surface area contributed by atoms with Crippen molar-refractivity contribution in [2.45, 2.75) is 31.3 Å². The fraction of sp³-hybridized carbons (Fsp3) is 0.400. The highest BCUT2D eigenvalue weighted by Crippen LogP contribution is 2.39. The molecule has 0 amide bonds. The van der Waals surface area contributed by atoms with Gasteiger partial charge in [-0.3, -0.25) is 4.68 Å². The highest BCUT2D eigenvalue weighted by atomic mass is 16.3. The van der Waals surface area contributed by atoms with Crippen molar-refractivity contribution in [3.05, 3.63) is 53.3 Å². The first kappa shape index (κ1) is 11.5. The van der Waals surface area contributed by atoms with E-state index in [1.807, 2.05) is 19.3 Å². The zero-order valence-electron chi connectivity index (χ0n) is 10.6. The van der Waals surface area contributed by atoms with Crippen LogP contribution in [0.25, 0.3) is 0 Å². The Labute approximate surface area is 107 Å². The molecule has 2 unspecified atom stereocenters. The van der Waals surface area contributed by atoms with Crippen molar-refractivity contribution < 1.29 is 5.11 Å². The maximum absolute atomic E-state index is 10.5. The molecule has 2 aromatic rings. The number of nitrogens with zero attached hydrogens (tertiary/aromatic N) is 2. The minimum Gasteiger partial charge on any atom is -0.386 e. The predicted molar refractivity (Wildman–Crippen MR) is 70.3 cm³/mol. The van der Waals surface area contributed by atoms with Crippen LogP contribution in [-0.2, 0) is 13.5 Å². The number of hydrogen-bond acceptors (Lipinski definition) is 2. The van der Waals surface area contributed by atoms with Crippen LogP contribution >= 0.6 is 0 Å².